The van der Waals surface area contributed by atoms with Crippen molar-refractivity contribution in [1.29, 1.82) is 0 Å². The van der Waals surface area contributed by atoms with E-state index in [2.05, 4.69) is 57.4 Å². The number of nitrogens with one attached hydrogen (secondary N) is 2. The SMILES string of the molecule is CCC1(c2ccc(F)cc2)NC(=O)N(CC(=O)NCCc2c(C)cc(C(C)(C)C)cc2C)C1=O. The first kappa shape index (κ1) is 25.4. The number of aryl methyl sites for hydroxylation is 2. The number of amides is 4. The lowest BCUT2D eigenvalue weighted by Gasteiger charge is -2.25. The molecule has 2 aromatic carbocycles. The van der Waals surface area contributed by atoms with Gasteiger partial charge in [-0.1, -0.05) is 52.0 Å². The molecule has 4 amide bonds. The van der Waals surface area contributed by atoms with Crippen LogP contribution < -0.4 is 10.6 Å². The van der Waals surface area contributed by atoms with Crippen molar-refractivity contribution in [3.8, 4) is 0 Å². The van der Waals surface area contributed by atoms with Crippen LogP contribution in [0.3, 0.4) is 0 Å². The van der Waals surface area contributed by atoms with Gasteiger partial charge in [-0.25, -0.2) is 9.18 Å². The summed E-state index contributed by atoms with van der Waals surface area (Å²) >= 11 is 0. The van der Waals surface area contributed by atoms with Gasteiger partial charge in [0.25, 0.3) is 5.91 Å². The topological polar surface area (TPSA) is 78.5 Å². The van der Waals surface area contributed by atoms with Gasteiger partial charge in [0.15, 0.2) is 0 Å². The second-order valence-corrected chi connectivity index (χ2v) is 10.0. The Morgan fingerprint density at radius 1 is 1.09 bits per heavy atom. The summed E-state index contributed by atoms with van der Waals surface area (Å²) < 4.78 is 13.4. The second kappa shape index (κ2) is 9.57. The number of imide groups is 1. The number of carbonyl (C=O) groups excluding carboxylic acids is 3. The maximum absolute atomic E-state index is 13.4. The smallest absolute Gasteiger partial charge is 0.325 e. The summed E-state index contributed by atoms with van der Waals surface area (Å²) in [6, 6.07) is 9.22. The first-order valence-corrected chi connectivity index (χ1v) is 11.7. The van der Waals surface area contributed by atoms with E-state index in [-0.39, 0.29) is 18.4 Å². The van der Waals surface area contributed by atoms with Crippen LogP contribution in [0.5, 0.6) is 0 Å². The normalized spacial score (nSPS) is 18.3. The zero-order valence-electron chi connectivity index (χ0n) is 20.8. The molecular weight excluding hydrogens is 433 g/mol. The van der Waals surface area contributed by atoms with E-state index in [1.807, 2.05) is 0 Å². The first-order chi connectivity index (χ1) is 15.9. The summed E-state index contributed by atoms with van der Waals surface area (Å²) in [5.74, 6) is -1.34. The molecule has 1 heterocycles. The van der Waals surface area contributed by atoms with Crippen LogP contribution in [-0.4, -0.2) is 35.8 Å². The fourth-order valence-corrected chi connectivity index (χ4v) is 4.49. The second-order valence-electron chi connectivity index (χ2n) is 10.0. The Morgan fingerprint density at radius 3 is 2.21 bits per heavy atom. The predicted molar refractivity (Wildman–Crippen MR) is 130 cm³/mol. The maximum atomic E-state index is 13.4. The van der Waals surface area contributed by atoms with E-state index in [1.165, 1.54) is 46.5 Å². The summed E-state index contributed by atoms with van der Waals surface area (Å²) in [7, 11) is 0. The van der Waals surface area contributed by atoms with Gasteiger partial charge in [-0.15, -0.1) is 0 Å². The van der Waals surface area contributed by atoms with Crippen molar-refractivity contribution < 1.29 is 18.8 Å². The van der Waals surface area contributed by atoms with Crippen molar-refractivity contribution in [2.75, 3.05) is 13.1 Å². The molecule has 3 rings (SSSR count). The van der Waals surface area contributed by atoms with E-state index in [1.54, 1.807) is 6.92 Å². The molecule has 1 fully saturated rings. The van der Waals surface area contributed by atoms with Crippen LogP contribution in [0, 0.1) is 19.7 Å². The number of hydrogen-bond acceptors (Lipinski definition) is 3. The van der Waals surface area contributed by atoms with Gasteiger partial charge in [0.2, 0.25) is 5.91 Å². The van der Waals surface area contributed by atoms with Crippen molar-refractivity contribution in [3.63, 3.8) is 0 Å². The van der Waals surface area contributed by atoms with Gasteiger partial charge in [0, 0.05) is 6.54 Å². The molecule has 1 atom stereocenters. The number of nitrogens with zero attached hydrogens (tertiary/aromatic N) is 1. The monoisotopic (exact) mass is 467 g/mol. The molecule has 0 aromatic heterocycles. The third kappa shape index (κ3) is 4.98. The van der Waals surface area contributed by atoms with E-state index in [9.17, 15) is 18.8 Å². The molecule has 2 aromatic rings. The fourth-order valence-electron chi connectivity index (χ4n) is 4.49. The van der Waals surface area contributed by atoms with Crippen LogP contribution >= 0.6 is 0 Å². The Bertz CT molecular complexity index is 1080. The zero-order chi connectivity index (χ0) is 25.3. The summed E-state index contributed by atoms with van der Waals surface area (Å²) in [5.41, 5.74) is 4.07. The van der Waals surface area contributed by atoms with Crippen LogP contribution in [-0.2, 0) is 27.0 Å². The van der Waals surface area contributed by atoms with Crippen molar-refractivity contribution in [1.82, 2.24) is 15.5 Å². The van der Waals surface area contributed by atoms with E-state index in [0.29, 0.717) is 18.5 Å². The zero-order valence-corrected chi connectivity index (χ0v) is 20.8. The van der Waals surface area contributed by atoms with E-state index in [0.717, 1.165) is 4.90 Å². The van der Waals surface area contributed by atoms with Gasteiger partial charge >= 0.3 is 6.03 Å². The summed E-state index contributed by atoms with van der Waals surface area (Å²) in [4.78, 5) is 39.2. The third-order valence-corrected chi connectivity index (χ3v) is 6.60. The number of benzene rings is 2. The quantitative estimate of drug-likeness (QED) is 0.598. The van der Waals surface area contributed by atoms with Crippen LogP contribution in [0.1, 0.15) is 61.9 Å². The summed E-state index contributed by atoms with van der Waals surface area (Å²) in [6.45, 7) is 12.5. The molecule has 1 unspecified atom stereocenters. The van der Waals surface area contributed by atoms with Crippen molar-refractivity contribution in [2.24, 2.45) is 0 Å². The third-order valence-electron chi connectivity index (χ3n) is 6.60. The van der Waals surface area contributed by atoms with Crippen molar-refractivity contribution >= 4 is 17.8 Å². The Hall–Kier alpha value is -3.22. The molecule has 2 N–H and O–H groups in total. The Balaban J connectivity index is 1.64. The minimum absolute atomic E-state index is 0.0622. The van der Waals surface area contributed by atoms with Gasteiger partial charge in [-0.2, -0.15) is 0 Å². The lowest BCUT2D eigenvalue weighted by molar-refractivity contribution is -0.135. The Morgan fingerprint density at radius 2 is 1.68 bits per heavy atom. The van der Waals surface area contributed by atoms with E-state index >= 15 is 0 Å². The molecule has 0 aliphatic carbocycles. The average molecular weight is 468 g/mol. The van der Waals surface area contributed by atoms with Crippen molar-refractivity contribution in [2.45, 2.75) is 65.3 Å². The molecule has 1 aliphatic heterocycles. The molecule has 1 aliphatic rings. The van der Waals surface area contributed by atoms with Crippen LogP contribution in [0.4, 0.5) is 9.18 Å². The standard InChI is InChI=1S/C27H34FN3O3/c1-7-27(19-8-10-21(28)11-9-19)24(33)31(25(34)30-27)16-23(32)29-13-12-22-17(2)14-20(15-18(22)3)26(4,5)6/h8-11,14-15H,7,12-13,16H2,1-6H3,(H,29,32)(H,30,34). The molecule has 34 heavy (non-hydrogen) atoms. The number of halogens is 1. The number of urea groups is 1. The van der Waals surface area contributed by atoms with Crippen LogP contribution in [0.15, 0.2) is 36.4 Å². The number of carbonyl (C=O) groups is 3. The average Bonchev–Trinajstić information content (AvgIpc) is 3.00. The van der Waals surface area contributed by atoms with Crippen molar-refractivity contribution in [3.05, 3.63) is 70.0 Å². The highest BCUT2D eigenvalue weighted by Gasteiger charge is 2.51. The van der Waals surface area contributed by atoms with Crippen LogP contribution in [0.2, 0.25) is 0 Å². The Labute approximate surface area is 200 Å². The van der Waals surface area contributed by atoms with Gasteiger partial charge < -0.3 is 10.6 Å². The van der Waals surface area contributed by atoms with Gasteiger partial charge in [0.1, 0.15) is 17.9 Å². The molecule has 7 heteroatoms. The lowest BCUT2D eigenvalue weighted by atomic mass is 9.83. The number of hydrogen-bond donors (Lipinski definition) is 2. The molecule has 0 saturated carbocycles. The van der Waals surface area contributed by atoms with E-state index in [4.69, 9.17) is 0 Å². The minimum Gasteiger partial charge on any atom is -0.354 e. The molecule has 182 valence electrons. The predicted octanol–water partition coefficient (Wildman–Crippen LogP) is 4.26. The molecule has 6 nitrogen and oxygen atoms in total. The van der Waals surface area contributed by atoms with Crippen LogP contribution in [0.25, 0.3) is 0 Å². The largest absolute Gasteiger partial charge is 0.354 e. The molecule has 0 bridgehead atoms. The van der Waals surface area contributed by atoms with Gasteiger partial charge in [-0.3, -0.25) is 14.5 Å². The maximum Gasteiger partial charge on any atom is 0.325 e. The van der Waals surface area contributed by atoms with Gasteiger partial charge in [0.05, 0.1) is 0 Å². The highest BCUT2D eigenvalue weighted by molar-refractivity contribution is 6.09. The summed E-state index contributed by atoms with van der Waals surface area (Å²) in [5, 5.41) is 5.54. The molecule has 1 saturated heterocycles. The highest BCUT2D eigenvalue weighted by Crippen LogP contribution is 2.32. The van der Waals surface area contributed by atoms with E-state index < -0.39 is 29.2 Å². The fraction of sp³-hybridized carbons (Fsp3) is 0.444. The number of rotatable bonds is 7. The molecule has 0 radical (unpaired) electrons. The van der Waals surface area contributed by atoms with Gasteiger partial charge in [-0.05, 0) is 72.1 Å². The lowest BCUT2D eigenvalue weighted by Crippen LogP contribution is -2.45. The Kier molecular flexibility index (Phi) is 7.15. The summed E-state index contributed by atoms with van der Waals surface area (Å²) in [6.07, 6.45) is 0.937. The minimum atomic E-state index is -1.30. The first-order valence-electron chi connectivity index (χ1n) is 11.7. The molecular formula is C27H34FN3O3. The molecule has 0 spiro atoms. The highest BCUT2D eigenvalue weighted by atomic mass is 19.1.